The summed E-state index contributed by atoms with van der Waals surface area (Å²) in [6.07, 6.45) is 0. The molecule has 7 aromatic rings. The number of nitrogens with zero attached hydrogens (tertiary/aromatic N) is 1. The Balaban J connectivity index is 1.34. The molecule has 6 aromatic carbocycles. The average molecular weight is 552 g/mol. The summed E-state index contributed by atoms with van der Waals surface area (Å²) >= 11 is 0. The lowest BCUT2D eigenvalue weighted by molar-refractivity contribution is 0.592. The van der Waals surface area contributed by atoms with Crippen LogP contribution in [0.5, 0.6) is 0 Å². The van der Waals surface area contributed by atoms with E-state index >= 15 is 0 Å². The molecule has 198 valence electrons. The van der Waals surface area contributed by atoms with Gasteiger partial charge in [0, 0.05) is 33.4 Å². The van der Waals surface area contributed by atoms with Crippen LogP contribution in [0.25, 0.3) is 33.1 Å². The maximum absolute atomic E-state index is 13.6. The first-order chi connectivity index (χ1) is 20.1. The number of fused-ring (bicyclic) bond motifs is 3. The molecule has 0 fully saturated rings. The van der Waals surface area contributed by atoms with E-state index in [1.165, 1.54) is 0 Å². The van der Waals surface area contributed by atoms with Crippen molar-refractivity contribution >= 4 is 48.8 Å². The van der Waals surface area contributed by atoms with Gasteiger partial charge in [0.1, 0.15) is 10.5 Å². The Bertz CT molecular complexity index is 2050. The fourth-order valence-corrected chi connectivity index (χ4v) is 6.77. The molecule has 1 heterocycles. The van der Waals surface area contributed by atoms with Gasteiger partial charge in [-0.05, 0) is 60.2 Å². The van der Waals surface area contributed by atoms with Crippen molar-refractivity contribution in [3.8, 4) is 11.1 Å². The van der Waals surface area contributed by atoms with Crippen LogP contribution in [0, 0.1) is 0 Å². The summed E-state index contributed by atoms with van der Waals surface area (Å²) in [4.78, 5) is 2.62. The van der Waals surface area contributed by atoms with Crippen LogP contribution in [0.1, 0.15) is 0 Å². The highest BCUT2D eigenvalue weighted by Gasteiger charge is 2.24. The van der Waals surface area contributed by atoms with Crippen LogP contribution >= 0.6 is 0 Å². The summed E-state index contributed by atoms with van der Waals surface area (Å²) in [6.45, 7) is 0. The van der Waals surface area contributed by atoms with Gasteiger partial charge >= 0.3 is 0 Å². The van der Waals surface area contributed by atoms with Gasteiger partial charge in [-0.15, -0.1) is 0 Å². The van der Waals surface area contributed by atoms with Crippen molar-refractivity contribution in [2.75, 3.05) is 4.90 Å². The summed E-state index contributed by atoms with van der Waals surface area (Å²) in [5, 5.41) is 1.65. The van der Waals surface area contributed by atoms with Crippen molar-refractivity contribution in [2.24, 2.45) is 0 Å². The lowest BCUT2D eigenvalue weighted by Crippen LogP contribution is -2.09. The summed E-state index contributed by atoms with van der Waals surface area (Å²) in [6, 6.07) is 48.7. The molecule has 0 saturated carbocycles. The SMILES string of the molecule is O=S(=O)(c1ccccc1)c1cccc2c1oc1c(-c3ccc(N(c4ccccc4)c4ccccc4)cc3)cccc12. The van der Waals surface area contributed by atoms with E-state index in [0.29, 0.717) is 11.2 Å². The average Bonchev–Trinajstić information content (AvgIpc) is 3.42. The number of rotatable bonds is 6. The molecule has 0 N–H and O–H groups in total. The Morgan fingerprint density at radius 2 is 0.976 bits per heavy atom. The van der Waals surface area contributed by atoms with Crippen LogP contribution in [0.4, 0.5) is 17.1 Å². The molecule has 7 rings (SSSR count). The molecule has 0 unspecified atom stereocenters. The van der Waals surface area contributed by atoms with Gasteiger partial charge in [-0.2, -0.15) is 0 Å². The molecular formula is C36H25NO3S. The second kappa shape index (κ2) is 10.1. The van der Waals surface area contributed by atoms with Gasteiger partial charge in [-0.1, -0.05) is 97.1 Å². The Morgan fingerprint density at radius 1 is 0.463 bits per heavy atom. The second-order valence-corrected chi connectivity index (χ2v) is 11.7. The van der Waals surface area contributed by atoms with E-state index in [2.05, 4.69) is 53.4 Å². The molecule has 41 heavy (non-hydrogen) atoms. The number of hydrogen-bond acceptors (Lipinski definition) is 4. The predicted molar refractivity (Wildman–Crippen MR) is 166 cm³/mol. The van der Waals surface area contributed by atoms with E-state index in [1.807, 2.05) is 60.7 Å². The Hall–Kier alpha value is -5.13. The standard InChI is InChI=1S/C36H25NO3S/c38-41(39,30-16-8-3-9-17-30)34-21-11-20-33-32-19-10-18-31(35(32)40-36(33)34)26-22-24-29(25-23-26)37(27-12-4-1-5-13-27)28-14-6-2-7-15-28/h1-25H. The van der Waals surface area contributed by atoms with Crippen molar-refractivity contribution < 1.29 is 12.8 Å². The smallest absolute Gasteiger partial charge is 0.210 e. The van der Waals surface area contributed by atoms with Gasteiger partial charge in [0.05, 0.1) is 4.90 Å². The van der Waals surface area contributed by atoms with Crippen LogP contribution in [-0.2, 0) is 9.84 Å². The lowest BCUT2D eigenvalue weighted by atomic mass is 10.0. The normalized spacial score (nSPS) is 11.6. The quantitative estimate of drug-likeness (QED) is 0.206. The summed E-state index contributed by atoms with van der Waals surface area (Å²) in [7, 11) is -3.76. The first kappa shape index (κ1) is 24.9. The maximum Gasteiger partial charge on any atom is 0.210 e. The fourth-order valence-electron chi connectivity index (χ4n) is 5.35. The molecule has 0 atom stereocenters. The Labute approximate surface area is 238 Å². The maximum atomic E-state index is 13.6. The van der Waals surface area contributed by atoms with Crippen LogP contribution in [0.3, 0.4) is 0 Å². The number of benzene rings is 6. The molecular weight excluding hydrogens is 526 g/mol. The van der Waals surface area contributed by atoms with Crippen molar-refractivity contribution in [3.63, 3.8) is 0 Å². The van der Waals surface area contributed by atoms with Gasteiger partial charge in [-0.25, -0.2) is 8.42 Å². The molecule has 1 aromatic heterocycles. The zero-order valence-corrected chi connectivity index (χ0v) is 22.8. The summed E-state index contributed by atoms with van der Waals surface area (Å²) in [5.41, 5.74) is 6.07. The number of sulfone groups is 1. The molecule has 0 aliphatic rings. The van der Waals surface area contributed by atoms with E-state index in [9.17, 15) is 8.42 Å². The third-order valence-corrected chi connectivity index (χ3v) is 9.09. The molecule has 0 aliphatic heterocycles. The first-order valence-electron chi connectivity index (χ1n) is 13.4. The zero-order chi connectivity index (χ0) is 27.8. The van der Waals surface area contributed by atoms with E-state index < -0.39 is 9.84 Å². The van der Waals surface area contributed by atoms with Crippen molar-refractivity contribution in [1.82, 2.24) is 0 Å². The monoisotopic (exact) mass is 551 g/mol. The third-order valence-electron chi connectivity index (χ3n) is 7.30. The molecule has 0 saturated heterocycles. The highest BCUT2D eigenvalue weighted by molar-refractivity contribution is 7.91. The van der Waals surface area contributed by atoms with Gasteiger partial charge in [0.25, 0.3) is 0 Å². The van der Waals surface area contributed by atoms with Gasteiger partial charge in [-0.3, -0.25) is 0 Å². The Kier molecular flexibility index (Phi) is 6.14. The van der Waals surface area contributed by atoms with Gasteiger partial charge in [0.2, 0.25) is 9.84 Å². The van der Waals surface area contributed by atoms with E-state index in [1.54, 1.807) is 42.5 Å². The van der Waals surface area contributed by atoms with E-state index in [4.69, 9.17) is 4.42 Å². The molecule has 0 aliphatic carbocycles. The topological polar surface area (TPSA) is 50.5 Å². The zero-order valence-electron chi connectivity index (χ0n) is 22.0. The molecule has 0 amide bonds. The lowest BCUT2D eigenvalue weighted by Gasteiger charge is -2.25. The van der Waals surface area contributed by atoms with Crippen LogP contribution in [0.15, 0.2) is 166 Å². The minimum atomic E-state index is -3.76. The summed E-state index contributed by atoms with van der Waals surface area (Å²) in [5.74, 6) is 0. The number of para-hydroxylation sites is 4. The number of anilines is 3. The van der Waals surface area contributed by atoms with Crippen LogP contribution in [0.2, 0.25) is 0 Å². The molecule has 4 nitrogen and oxygen atoms in total. The number of hydrogen-bond donors (Lipinski definition) is 0. The minimum Gasteiger partial charge on any atom is -0.454 e. The van der Waals surface area contributed by atoms with Crippen LogP contribution < -0.4 is 4.90 Å². The summed E-state index contributed by atoms with van der Waals surface area (Å²) < 4.78 is 33.5. The fraction of sp³-hybridized carbons (Fsp3) is 0. The van der Waals surface area contributed by atoms with E-state index in [0.717, 1.165) is 39.0 Å². The molecule has 0 bridgehead atoms. The third kappa shape index (κ3) is 4.37. The first-order valence-corrected chi connectivity index (χ1v) is 14.8. The highest BCUT2D eigenvalue weighted by atomic mass is 32.2. The molecule has 5 heteroatoms. The van der Waals surface area contributed by atoms with Crippen LogP contribution in [-0.4, -0.2) is 8.42 Å². The molecule has 0 radical (unpaired) electrons. The Morgan fingerprint density at radius 3 is 1.59 bits per heavy atom. The van der Waals surface area contributed by atoms with Crippen molar-refractivity contribution in [1.29, 1.82) is 0 Å². The van der Waals surface area contributed by atoms with Crippen molar-refractivity contribution in [3.05, 3.63) is 152 Å². The predicted octanol–water partition coefficient (Wildman–Crippen LogP) is 9.56. The highest BCUT2D eigenvalue weighted by Crippen LogP contribution is 2.40. The largest absolute Gasteiger partial charge is 0.454 e. The van der Waals surface area contributed by atoms with Gasteiger partial charge < -0.3 is 9.32 Å². The minimum absolute atomic E-state index is 0.167. The van der Waals surface area contributed by atoms with E-state index in [-0.39, 0.29) is 9.79 Å². The molecule has 0 spiro atoms. The van der Waals surface area contributed by atoms with Crippen molar-refractivity contribution in [2.45, 2.75) is 9.79 Å². The number of furan rings is 1. The van der Waals surface area contributed by atoms with Gasteiger partial charge in [0.15, 0.2) is 5.58 Å². The second-order valence-electron chi connectivity index (χ2n) is 9.79.